The first kappa shape index (κ1) is 23.9. The van der Waals surface area contributed by atoms with Crippen molar-refractivity contribution in [2.45, 2.75) is 26.7 Å². The van der Waals surface area contributed by atoms with Crippen molar-refractivity contribution < 1.29 is 52.4 Å². The van der Waals surface area contributed by atoms with Gasteiger partial charge in [-0.1, -0.05) is 12.1 Å². The second kappa shape index (κ2) is 10.4. The Morgan fingerprint density at radius 1 is 0.810 bits per heavy atom. The topological polar surface area (TPSA) is 0 Å². The van der Waals surface area contributed by atoms with Crippen LogP contribution in [0.1, 0.15) is 25.8 Å². The molecular formula is C17H32I2N2. The molecule has 0 saturated heterocycles. The maximum atomic E-state index is 2.31. The molecule has 1 aromatic rings. The van der Waals surface area contributed by atoms with E-state index in [9.17, 15) is 0 Å². The van der Waals surface area contributed by atoms with E-state index in [0.29, 0.717) is 0 Å². The van der Waals surface area contributed by atoms with E-state index < -0.39 is 0 Å². The number of aryl methyl sites for hydroxylation is 1. The summed E-state index contributed by atoms with van der Waals surface area (Å²) in [5, 5.41) is 0. The van der Waals surface area contributed by atoms with E-state index in [-0.39, 0.29) is 48.0 Å². The SMILES string of the molecule is CC[N+](C)(C)CCCc1ccc([N+](C)(C)CC)cc1.[I-].[I-]. The molecule has 0 aromatic heterocycles. The van der Waals surface area contributed by atoms with Crippen molar-refractivity contribution in [1.82, 2.24) is 4.48 Å². The largest absolute Gasteiger partial charge is 1.00 e. The van der Waals surface area contributed by atoms with E-state index in [1.54, 1.807) is 0 Å². The Labute approximate surface area is 166 Å². The lowest BCUT2D eigenvalue weighted by atomic mass is 10.1. The van der Waals surface area contributed by atoms with E-state index in [1.807, 2.05) is 0 Å². The molecule has 2 nitrogen and oxygen atoms in total. The Hall–Kier alpha value is 0.600. The van der Waals surface area contributed by atoms with Crippen molar-refractivity contribution in [3.8, 4) is 0 Å². The Bertz CT molecular complexity index is 386. The molecule has 0 N–H and O–H groups in total. The van der Waals surface area contributed by atoms with Crippen LogP contribution in [0.4, 0.5) is 5.69 Å². The number of rotatable bonds is 7. The quantitative estimate of drug-likeness (QED) is 0.273. The van der Waals surface area contributed by atoms with E-state index in [0.717, 1.165) is 15.5 Å². The van der Waals surface area contributed by atoms with Crippen molar-refractivity contribution in [3.63, 3.8) is 0 Å². The highest BCUT2D eigenvalue weighted by molar-refractivity contribution is 5.43. The highest BCUT2D eigenvalue weighted by Crippen LogP contribution is 2.19. The molecule has 1 rings (SSSR count). The summed E-state index contributed by atoms with van der Waals surface area (Å²) >= 11 is 0. The zero-order chi connectivity index (χ0) is 14.5. The number of quaternary nitrogens is 2. The fourth-order valence-corrected chi connectivity index (χ4v) is 2.12. The van der Waals surface area contributed by atoms with Gasteiger partial charge in [0, 0.05) is 6.42 Å². The molecule has 0 heterocycles. The fourth-order valence-electron chi connectivity index (χ4n) is 2.12. The van der Waals surface area contributed by atoms with Crippen LogP contribution in [0.15, 0.2) is 24.3 Å². The Balaban J connectivity index is 0. The average molecular weight is 518 g/mol. The molecule has 1 aromatic carbocycles. The van der Waals surface area contributed by atoms with E-state index >= 15 is 0 Å². The molecule has 0 aliphatic carbocycles. The molecule has 124 valence electrons. The third-order valence-electron chi connectivity index (χ3n) is 4.51. The summed E-state index contributed by atoms with van der Waals surface area (Å²) in [6, 6.07) is 9.19. The van der Waals surface area contributed by atoms with Crippen molar-refractivity contribution in [2.24, 2.45) is 0 Å². The van der Waals surface area contributed by atoms with E-state index in [4.69, 9.17) is 0 Å². The predicted molar refractivity (Wildman–Crippen MR) is 86.5 cm³/mol. The van der Waals surface area contributed by atoms with Gasteiger partial charge in [-0.2, -0.15) is 0 Å². The Morgan fingerprint density at radius 2 is 1.33 bits per heavy atom. The van der Waals surface area contributed by atoms with Gasteiger partial charge in [0.2, 0.25) is 0 Å². The minimum Gasteiger partial charge on any atom is -1.00 e. The number of benzene rings is 1. The van der Waals surface area contributed by atoms with Gasteiger partial charge in [-0.25, -0.2) is 0 Å². The summed E-state index contributed by atoms with van der Waals surface area (Å²) in [6.07, 6.45) is 2.47. The van der Waals surface area contributed by atoms with Crippen LogP contribution < -0.4 is 52.4 Å². The standard InChI is InChI=1S/C17H32N2.2HI/c1-7-18(3,4)15-9-10-16-11-13-17(14-12-16)19(5,6)8-2;;/h11-14H,7-10,15H2,1-6H3;2*1H/q+2;;/p-2. The van der Waals surface area contributed by atoms with Gasteiger partial charge in [-0.05, 0) is 38.0 Å². The van der Waals surface area contributed by atoms with Crippen LogP contribution in [-0.4, -0.2) is 52.3 Å². The molecule has 0 radical (unpaired) electrons. The monoisotopic (exact) mass is 518 g/mol. The first-order valence-corrected chi connectivity index (χ1v) is 7.55. The molecular weight excluding hydrogens is 486 g/mol. The third kappa shape index (κ3) is 8.13. The highest BCUT2D eigenvalue weighted by Gasteiger charge is 2.15. The molecule has 0 unspecified atom stereocenters. The smallest absolute Gasteiger partial charge is 0.132 e. The van der Waals surface area contributed by atoms with Crippen LogP contribution in [0, 0.1) is 0 Å². The van der Waals surface area contributed by atoms with Crippen LogP contribution in [-0.2, 0) is 6.42 Å². The molecule has 0 saturated carbocycles. The normalized spacial score (nSPS) is 11.5. The molecule has 0 amide bonds. The Morgan fingerprint density at radius 3 is 1.76 bits per heavy atom. The maximum absolute atomic E-state index is 2.31. The van der Waals surface area contributed by atoms with Gasteiger partial charge in [0.25, 0.3) is 0 Å². The number of nitrogens with zero attached hydrogens (tertiary/aromatic N) is 2. The summed E-state index contributed by atoms with van der Waals surface area (Å²) in [4.78, 5) is 0. The van der Waals surface area contributed by atoms with Crippen LogP contribution >= 0.6 is 0 Å². The van der Waals surface area contributed by atoms with Crippen LogP contribution in [0.2, 0.25) is 0 Å². The van der Waals surface area contributed by atoms with Crippen molar-refractivity contribution in [3.05, 3.63) is 29.8 Å². The molecule has 21 heavy (non-hydrogen) atoms. The van der Waals surface area contributed by atoms with Gasteiger partial charge >= 0.3 is 0 Å². The van der Waals surface area contributed by atoms with Gasteiger partial charge in [0.05, 0.1) is 47.8 Å². The maximum Gasteiger partial charge on any atom is 0.132 e. The second-order valence-corrected chi connectivity index (χ2v) is 6.75. The summed E-state index contributed by atoms with van der Waals surface area (Å²) in [7, 11) is 9.14. The summed E-state index contributed by atoms with van der Waals surface area (Å²) < 4.78 is 2.08. The minimum atomic E-state index is 0. The first-order chi connectivity index (χ1) is 8.80. The van der Waals surface area contributed by atoms with E-state index in [1.165, 1.54) is 37.2 Å². The summed E-state index contributed by atoms with van der Waals surface area (Å²) in [5.74, 6) is 0. The molecule has 0 spiro atoms. The molecule has 0 bridgehead atoms. The lowest BCUT2D eigenvalue weighted by molar-refractivity contribution is -0.888. The average Bonchev–Trinajstić information content (AvgIpc) is 2.39. The van der Waals surface area contributed by atoms with Crippen LogP contribution in [0.25, 0.3) is 0 Å². The molecule has 4 heteroatoms. The lowest BCUT2D eigenvalue weighted by Gasteiger charge is -2.28. The van der Waals surface area contributed by atoms with Gasteiger partial charge < -0.3 is 52.4 Å². The predicted octanol–water partition coefficient (Wildman–Crippen LogP) is -2.69. The fraction of sp³-hybridized carbons (Fsp3) is 0.647. The zero-order valence-electron chi connectivity index (χ0n) is 14.5. The van der Waals surface area contributed by atoms with Gasteiger partial charge in [0.1, 0.15) is 5.69 Å². The molecule has 0 fully saturated rings. The number of hydrogen-bond donors (Lipinski definition) is 0. The third-order valence-corrected chi connectivity index (χ3v) is 4.51. The molecule has 0 atom stereocenters. The zero-order valence-corrected chi connectivity index (χ0v) is 18.8. The summed E-state index contributed by atoms with van der Waals surface area (Å²) in [6.45, 7) is 8.09. The Kier molecular flexibility index (Phi) is 11.8. The van der Waals surface area contributed by atoms with E-state index in [2.05, 4.69) is 66.3 Å². The van der Waals surface area contributed by atoms with Gasteiger partial charge in [0.15, 0.2) is 0 Å². The number of hydrogen-bond acceptors (Lipinski definition) is 0. The van der Waals surface area contributed by atoms with Crippen LogP contribution in [0.5, 0.6) is 0 Å². The van der Waals surface area contributed by atoms with Gasteiger partial charge in [-0.15, -0.1) is 0 Å². The molecule has 0 aliphatic heterocycles. The van der Waals surface area contributed by atoms with Gasteiger partial charge in [-0.3, -0.25) is 4.48 Å². The van der Waals surface area contributed by atoms with Crippen LogP contribution in [0.3, 0.4) is 0 Å². The first-order valence-electron chi connectivity index (χ1n) is 7.55. The highest BCUT2D eigenvalue weighted by atomic mass is 127. The summed E-state index contributed by atoms with van der Waals surface area (Å²) in [5.41, 5.74) is 2.87. The second-order valence-electron chi connectivity index (χ2n) is 6.75. The number of halogens is 2. The lowest BCUT2D eigenvalue weighted by Crippen LogP contribution is -3.00. The van der Waals surface area contributed by atoms with Crippen molar-refractivity contribution in [2.75, 3.05) is 47.8 Å². The van der Waals surface area contributed by atoms with Crippen molar-refractivity contribution >= 4 is 5.69 Å². The van der Waals surface area contributed by atoms with Crippen molar-refractivity contribution in [1.29, 1.82) is 0 Å². The minimum absolute atomic E-state index is 0. The molecule has 0 aliphatic rings.